The fourth-order valence-electron chi connectivity index (χ4n) is 3.75. The number of nitro groups is 2. The third-order valence-corrected chi connectivity index (χ3v) is 4.97. The van der Waals surface area contributed by atoms with Gasteiger partial charge < -0.3 is 0 Å². The first-order valence-electron chi connectivity index (χ1n) is 8.41. The number of aromatic amines is 1. The van der Waals surface area contributed by atoms with E-state index in [4.69, 9.17) is 0 Å². The SMILES string of the molecule is O=[N+]([O-])c1ccc(-c2ncc3ccc4c[nH+]cc5ccc2c3c45)c([N+](=O)[O-])c1. The van der Waals surface area contributed by atoms with E-state index in [9.17, 15) is 20.2 Å². The Bertz CT molecular complexity index is 1420. The van der Waals surface area contributed by atoms with Crippen molar-refractivity contribution >= 4 is 43.7 Å². The van der Waals surface area contributed by atoms with Crippen molar-refractivity contribution in [2.45, 2.75) is 0 Å². The number of pyridine rings is 2. The number of non-ortho nitro benzene ring substituents is 1. The Morgan fingerprint density at radius 1 is 0.821 bits per heavy atom. The lowest BCUT2D eigenvalue weighted by Gasteiger charge is -2.12. The van der Waals surface area contributed by atoms with Crippen molar-refractivity contribution in [3.8, 4) is 11.3 Å². The molecule has 0 amide bonds. The molecule has 0 unspecified atom stereocenters. The van der Waals surface area contributed by atoms with Gasteiger partial charge in [0.2, 0.25) is 0 Å². The highest BCUT2D eigenvalue weighted by Gasteiger charge is 2.24. The highest BCUT2D eigenvalue weighted by atomic mass is 16.6. The minimum atomic E-state index is -0.648. The Hall–Kier alpha value is -4.20. The number of hydrogen-bond acceptors (Lipinski definition) is 5. The quantitative estimate of drug-likeness (QED) is 0.267. The van der Waals surface area contributed by atoms with Crippen LogP contribution in [0.3, 0.4) is 0 Å². The standard InChI is InChI=1S/C20H10N4O4/c25-23(26)14-4-6-15(17(7-14)24(27)28)20-16-5-3-12-9-21-8-11-1-2-13(10-22-20)19(16)18(11)12/h1-10H/p+1. The second-order valence-corrected chi connectivity index (χ2v) is 6.47. The number of nitrogens with zero attached hydrogens (tertiary/aromatic N) is 3. The van der Waals surface area contributed by atoms with Crippen molar-refractivity contribution in [2.75, 3.05) is 0 Å². The van der Waals surface area contributed by atoms with Crippen LogP contribution in [-0.4, -0.2) is 14.8 Å². The number of nitro benzene ring substituents is 2. The van der Waals surface area contributed by atoms with E-state index in [-0.39, 0.29) is 16.9 Å². The molecule has 0 aliphatic rings. The van der Waals surface area contributed by atoms with Gasteiger partial charge in [-0.15, -0.1) is 0 Å². The monoisotopic (exact) mass is 371 g/mol. The maximum Gasteiger partial charge on any atom is 0.285 e. The smallest absolute Gasteiger partial charge is 0.258 e. The van der Waals surface area contributed by atoms with Gasteiger partial charge in [-0.1, -0.05) is 12.1 Å². The Morgan fingerprint density at radius 2 is 1.54 bits per heavy atom. The zero-order valence-electron chi connectivity index (χ0n) is 14.2. The molecule has 5 rings (SSSR count). The van der Waals surface area contributed by atoms with Crippen molar-refractivity contribution < 1.29 is 14.8 Å². The fraction of sp³-hybridized carbons (Fsp3) is 0. The molecule has 0 saturated heterocycles. The highest BCUT2D eigenvalue weighted by molar-refractivity contribution is 6.24. The lowest BCUT2D eigenvalue weighted by atomic mass is 9.94. The van der Waals surface area contributed by atoms with Gasteiger partial charge in [0.15, 0.2) is 12.4 Å². The molecule has 0 aliphatic carbocycles. The van der Waals surface area contributed by atoms with E-state index >= 15 is 0 Å². The lowest BCUT2D eigenvalue weighted by molar-refractivity contribution is -0.393. The molecule has 0 saturated carbocycles. The predicted molar refractivity (Wildman–Crippen MR) is 103 cm³/mol. The maximum absolute atomic E-state index is 11.6. The summed E-state index contributed by atoms with van der Waals surface area (Å²) >= 11 is 0. The third kappa shape index (κ3) is 2.18. The summed E-state index contributed by atoms with van der Waals surface area (Å²) in [6, 6.07) is 11.4. The average molecular weight is 371 g/mol. The predicted octanol–water partition coefficient (Wildman–Crippen LogP) is 4.28. The minimum absolute atomic E-state index is 0.250. The normalized spacial score (nSPS) is 11.4. The van der Waals surface area contributed by atoms with Crippen LogP contribution in [0.25, 0.3) is 43.6 Å². The minimum Gasteiger partial charge on any atom is -0.258 e. The summed E-state index contributed by atoms with van der Waals surface area (Å²) < 4.78 is 0. The van der Waals surface area contributed by atoms with E-state index in [1.165, 1.54) is 12.1 Å². The Balaban J connectivity index is 1.90. The van der Waals surface area contributed by atoms with Crippen molar-refractivity contribution in [1.82, 2.24) is 4.98 Å². The largest absolute Gasteiger partial charge is 0.285 e. The summed E-state index contributed by atoms with van der Waals surface area (Å²) in [5.41, 5.74) is 0.00481. The van der Waals surface area contributed by atoms with E-state index in [1.54, 1.807) is 6.20 Å². The highest BCUT2D eigenvalue weighted by Crippen LogP contribution is 2.40. The molecule has 134 valence electrons. The molecule has 2 heterocycles. The van der Waals surface area contributed by atoms with Crippen LogP contribution in [0.4, 0.5) is 11.4 Å². The molecule has 0 atom stereocenters. The number of nitrogens with one attached hydrogen (secondary N) is 1. The number of benzene rings is 3. The maximum atomic E-state index is 11.6. The Morgan fingerprint density at radius 3 is 2.25 bits per heavy atom. The van der Waals surface area contributed by atoms with Gasteiger partial charge in [0, 0.05) is 44.6 Å². The number of aromatic nitrogens is 2. The second-order valence-electron chi connectivity index (χ2n) is 6.47. The molecule has 0 aliphatic heterocycles. The van der Waals surface area contributed by atoms with E-state index in [0.717, 1.165) is 38.4 Å². The molecule has 0 bridgehead atoms. The van der Waals surface area contributed by atoms with Crippen LogP contribution >= 0.6 is 0 Å². The summed E-state index contributed by atoms with van der Waals surface area (Å²) in [4.78, 5) is 28.9. The summed E-state index contributed by atoms with van der Waals surface area (Å²) in [5, 5.41) is 28.3. The van der Waals surface area contributed by atoms with E-state index in [2.05, 4.69) is 9.97 Å². The van der Waals surface area contributed by atoms with Crippen LogP contribution < -0.4 is 4.98 Å². The third-order valence-electron chi connectivity index (χ3n) is 4.97. The zero-order chi connectivity index (χ0) is 19.4. The average Bonchev–Trinajstić information content (AvgIpc) is 2.71. The first-order valence-corrected chi connectivity index (χ1v) is 8.41. The fourth-order valence-corrected chi connectivity index (χ4v) is 3.75. The summed E-state index contributed by atoms with van der Waals surface area (Å²) in [5.74, 6) is 0. The molecule has 5 aromatic rings. The van der Waals surface area contributed by atoms with Gasteiger partial charge in [0.1, 0.15) is 0 Å². The second kappa shape index (κ2) is 5.65. The van der Waals surface area contributed by atoms with Crippen molar-refractivity contribution in [3.05, 3.63) is 81.3 Å². The molecule has 3 aromatic carbocycles. The van der Waals surface area contributed by atoms with E-state index < -0.39 is 9.85 Å². The van der Waals surface area contributed by atoms with Crippen LogP contribution in [0.1, 0.15) is 0 Å². The molecule has 1 N–H and O–H groups in total. The van der Waals surface area contributed by atoms with Crippen LogP contribution in [0.15, 0.2) is 61.1 Å². The van der Waals surface area contributed by atoms with Crippen LogP contribution in [0.5, 0.6) is 0 Å². The Kier molecular flexibility index (Phi) is 3.23. The molecule has 8 nitrogen and oxygen atoms in total. The molecule has 2 aromatic heterocycles. The van der Waals surface area contributed by atoms with Gasteiger partial charge in [0.25, 0.3) is 11.4 Å². The molecule has 0 spiro atoms. The van der Waals surface area contributed by atoms with Crippen molar-refractivity contribution in [3.63, 3.8) is 0 Å². The molecule has 0 radical (unpaired) electrons. The summed E-state index contributed by atoms with van der Waals surface area (Å²) in [6.07, 6.45) is 5.48. The van der Waals surface area contributed by atoms with Crippen LogP contribution in [0.2, 0.25) is 0 Å². The van der Waals surface area contributed by atoms with E-state index in [0.29, 0.717) is 5.69 Å². The molecule has 0 fully saturated rings. The number of rotatable bonds is 3. The number of H-pyrrole nitrogens is 1. The summed E-state index contributed by atoms with van der Waals surface area (Å²) in [7, 11) is 0. The van der Waals surface area contributed by atoms with Crippen LogP contribution in [0, 0.1) is 20.2 Å². The summed E-state index contributed by atoms with van der Waals surface area (Å²) in [6.45, 7) is 0. The van der Waals surface area contributed by atoms with E-state index in [1.807, 2.05) is 36.7 Å². The lowest BCUT2D eigenvalue weighted by Crippen LogP contribution is -2.01. The first kappa shape index (κ1) is 16.0. The zero-order valence-corrected chi connectivity index (χ0v) is 14.2. The van der Waals surface area contributed by atoms with Gasteiger partial charge in [-0.05, 0) is 18.2 Å². The topological polar surface area (TPSA) is 113 Å². The number of hydrogen-bond donors (Lipinski definition) is 0. The van der Waals surface area contributed by atoms with Crippen molar-refractivity contribution in [2.24, 2.45) is 0 Å². The first-order chi connectivity index (χ1) is 13.5. The molecular formula is C20H11N4O4+. The van der Waals surface area contributed by atoms with Gasteiger partial charge in [-0.25, -0.2) is 4.98 Å². The van der Waals surface area contributed by atoms with Gasteiger partial charge in [-0.3, -0.25) is 25.2 Å². The van der Waals surface area contributed by atoms with Gasteiger partial charge in [-0.2, -0.15) is 0 Å². The molecule has 28 heavy (non-hydrogen) atoms. The van der Waals surface area contributed by atoms with Crippen molar-refractivity contribution in [1.29, 1.82) is 0 Å². The molecule has 8 heteroatoms. The van der Waals surface area contributed by atoms with Gasteiger partial charge >= 0.3 is 0 Å². The molecular weight excluding hydrogens is 360 g/mol. The van der Waals surface area contributed by atoms with Crippen LogP contribution in [-0.2, 0) is 0 Å². The van der Waals surface area contributed by atoms with Gasteiger partial charge in [0.05, 0.1) is 27.2 Å². The Labute approximate surface area is 156 Å².